The highest BCUT2D eigenvalue weighted by Gasteiger charge is 2.21. The third-order valence-electron chi connectivity index (χ3n) is 3.16. The molecule has 1 aromatic carbocycles. The normalized spacial score (nSPS) is 15.1. The van der Waals surface area contributed by atoms with Crippen LogP contribution in [0.1, 0.15) is 18.4 Å². The summed E-state index contributed by atoms with van der Waals surface area (Å²) in [6.45, 7) is -1.55. The molecule has 1 aromatic rings. The van der Waals surface area contributed by atoms with E-state index in [1.807, 2.05) is 6.07 Å². The van der Waals surface area contributed by atoms with Gasteiger partial charge in [-0.3, -0.25) is 4.79 Å². The van der Waals surface area contributed by atoms with Gasteiger partial charge in [0, 0.05) is 13.1 Å². The Bertz CT molecular complexity index is 570. The lowest BCUT2D eigenvalue weighted by atomic mass is 10.1. The topological polar surface area (TPSA) is 53.3 Å². The molecular weight excluding hydrogens is 278 g/mol. The maximum atomic E-state index is 12.1. The summed E-state index contributed by atoms with van der Waals surface area (Å²) in [7, 11) is 0. The maximum absolute atomic E-state index is 12.1. The van der Waals surface area contributed by atoms with E-state index in [2.05, 4.69) is 4.74 Å². The van der Waals surface area contributed by atoms with Gasteiger partial charge in [-0.15, -0.1) is 0 Å². The Morgan fingerprint density at radius 3 is 2.43 bits per heavy atom. The van der Waals surface area contributed by atoms with E-state index in [0.29, 0.717) is 18.7 Å². The third-order valence-corrected chi connectivity index (χ3v) is 3.16. The Labute approximate surface area is 121 Å². The number of ether oxygens (including phenoxy) is 1. The lowest BCUT2D eigenvalue weighted by molar-refractivity contribution is -0.125. The molecule has 21 heavy (non-hydrogen) atoms. The molecule has 0 atom stereocenters. The predicted molar refractivity (Wildman–Crippen MR) is 72.5 cm³/mol. The van der Waals surface area contributed by atoms with Crippen LogP contribution in [0.25, 0.3) is 6.08 Å². The summed E-state index contributed by atoms with van der Waals surface area (Å²) < 4.78 is 28.3. The van der Waals surface area contributed by atoms with Crippen molar-refractivity contribution in [2.75, 3.05) is 13.1 Å². The van der Waals surface area contributed by atoms with Crippen LogP contribution in [0, 0.1) is 11.3 Å². The fourth-order valence-electron chi connectivity index (χ4n) is 2.14. The highest BCUT2D eigenvalue weighted by atomic mass is 19.3. The zero-order valence-corrected chi connectivity index (χ0v) is 11.3. The molecule has 0 bridgehead atoms. The molecule has 0 aliphatic carbocycles. The molecule has 0 unspecified atom stereocenters. The van der Waals surface area contributed by atoms with Gasteiger partial charge in [-0.2, -0.15) is 14.0 Å². The molecule has 1 aliphatic heterocycles. The Hall–Kier alpha value is -2.42. The monoisotopic (exact) mass is 292 g/mol. The van der Waals surface area contributed by atoms with Crippen molar-refractivity contribution in [1.82, 2.24) is 4.90 Å². The predicted octanol–water partition coefficient (Wildman–Crippen LogP) is 2.82. The van der Waals surface area contributed by atoms with Crippen molar-refractivity contribution in [2.45, 2.75) is 19.5 Å². The van der Waals surface area contributed by atoms with Crippen LogP contribution in [0.3, 0.4) is 0 Å². The average Bonchev–Trinajstić information content (AvgIpc) is 2.99. The number of nitriles is 1. The van der Waals surface area contributed by atoms with Crippen LogP contribution >= 0.6 is 0 Å². The van der Waals surface area contributed by atoms with Crippen molar-refractivity contribution in [2.24, 2.45) is 0 Å². The molecule has 1 heterocycles. The molecule has 4 nitrogen and oxygen atoms in total. The van der Waals surface area contributed by atoms with Crippen molar-refractivity contribution in [3.63, 3.8) is 0 Å². The number of likely N-dealkylation sites (tertiary alicyclic amines) is 1. The fourth-order valence-corrected chi connectivity index (χ4v) is 2.14. The first-order chi connectivity index (χ1) is 10.1. The van der Waals surface area contributed by atoms with Gasteiger partial charge in [0.05, 0.1) is 0 Å². The second-order valence-electron chi connectivity index (χ2n) is 4.62. The van der Waals surface area contributed by atoms with Gasteiger partial charge in [0.15, 0.2) is 0 Å². The van der Waals surface area contributed by atoms with Crippen LogP contribution in [0.4, 0.5) is 8.78 Å². The van der Waals surface area contributed by atoms with Crippen LogP contribution in [0.5, 0.6) is 5.75 Å². The smallest absolute Gasteiger partial charge is 0.387 e. The van der Waals surface area contributed by atoms with Gasteiger partial charge in [0.25, 0.3) is 5.91 Å². The molecular formula is C15H14F2N2O2. The standard InChI is InChI=1S/C15H14F2N2O2/c16-15(17)21-13-5-3-11(4-6-13)9-12(10-18)14(20)19-7-1-2-8-19/h3-6,9,15H,1-2,7-8H2/b12-9-. The van der Waals surface area contributed by atoms with Crippen LogP contribution in [0.2, 0.25) is 0 Å². The van der Waals surface area contributed by atoms with Crippen LogP contribution < -0.4 is 4.74 Å². The first-order valence-corrected chi connectivity index (χ1v) is 6.56. The lowest BCUT2D eigenvalue weighted by Crippen LogP contribution is -2.28. The molecule has 1 fully saturated rings. The summed E-state index contributed by atoms with van der Waals surface area (Å²) in [5.41, 5.74) is 0.625. The number of benzene rings is 1. The zero-order chi connectivity index (χ0) is 15.2. The van der Waals surface area contributed by atoms with Gasteiger partial charge in [-0.1, -0.05) is 12.1 Å². The second-order valence-corrected chi connectivity index (χ2v) is 4.62. The fraction of sp³-hybridized carbons (Fsp3) is 0.333. The van der Waals surface area contributed by atoms with Gasteiger partial charge >= 0.3 is 6.61 Å². The van der Waals surface area contributed by atoms with Gasteiger partial charge in [0.2, 0.25) is 0 Å². The quantitative estimate of drug-likeness (QED) is 0.633. The summed E-state index contributed by atoms with van der Waals surface area (Å²) >= 11 is 0. The Kier molecular flexibility index (Phi) is 4.88. The number of amides is 1. The first kappa shape index (κ1) is 15.0. The van der Waals surface area contributed by atoms with Gasteiger partial charge in [0.1, 0.15) is 17.4 Å². The number of carbonyl (C=O) groups is 1. The van der Waals surface area contributed by atoms with Gasteiger partial charge in [-0.25, -0.2) is 0 Å². The number of hydrogen-bond donors (Lipinski definition) is 0. The molecule has 6 heteroatoms. The van der Waals surface area contributed by atoms with E-state index in [-0.39, 0.29) is 17.2 Å². The highest BCUT2D eigenvalue weighted by Crippen LogP contribution is 2.18. The number of alkyl halides is 2. The molecule has 0 radical (unpaired) electrons. The summed E-state index contributed by atoms with van der Waals surface area (Å²) in [6.07, 6.45) is 3.35. The molecule has 1 saturated heterocycles. The Morgan fingerprint density at radius 2 is 1.90 bits per heavy atom. The van der Waals surface area contributed by atoms with Crippen molar-refractivity contribution >= 4 is 12.0 Å². The van der Waals surface area contributed by atoms with Crippen molar-refractivity contribution < 1.29 is 18.3 Å². The molecule has 0 spiro atoms. The summed E-state index contributed by atoms with van der Waals surface area (Å²) in [5, 5.41) is 9.10. The van der Waals surface area contributed by atoms with Crippen LogP contribution in [0.15, 0.2) is 29.8 Å². The van der Waals surface area contributed by atoms with Gasteiger partial charge < -0.3 is 9.64 Å². The minimum absolute atomic E-state index is 0.0338. The SMILES string of the molecule is N#C/C(=C/c1ccc(OC(F)F)cc1)C(=O)N1CCCC1. The number of hydrogen-bond acceptors (Lipinski definition) is 3. The minimum atomic E-state index is -2.88. The number of halogens is 2. The van der Waals surface area contributed by atoms with E-state index < -0.39 is 6.61 Å². The minimum Gasteiger partial charge on any atom is -0.435 e. The molecule has 2 rings (SSSR count). The summed E-state index contributed by atoms with van der Waals surface area (Å²) in [4.78, 5) is 13.7. The molecule has 0 aromatic heterocycles. The van der Waals surface area contributed by atoms with E-state index in [1.165, 1.54) is 30.3 Å². The van der Waals surface area contributed by atoms with E-state index in [9.17, 15) is 13.6 Å². The molecule has 110 valence electrons. The lowest BCUT2D eigenvalue weighted by Gasteiger charge is -2.14. The molecule has 1 aliphatic rings. The van der Waals surface area contributed by atoms with E-state index in [1.54, 1.807) is 4.90 Å². The average molecular weight is 292 g/mol. The number of nitrogens with zero attached hydrogens (tertiary/aromatic N) is 2. The van der Waals surface area contributed by atoms with Crippen molar-refractivity contribution in [1.29, 1.82) is 5.26 Å². The Morgan fingerprint density at radius 1 is 1.29 bits per heavy atom. The third kappa shape index (κ3) is 4.02. The van der Waals surface area contributed by atoms with Gasteiger partial charge in [-0.05, 0) is 36.6 Å². The largest absolute Gasteiger partial charge is 0.435 e. The van der Waals surface area contributed by atoms with Crippen molar-refractivity contribution in [3.05, 3.63) is 35.4 Å². The second kappa shape index (κ2) is 6.84. The number of carbonyl (C=O) groups excluding carboxylic acids is 1. The molecule has 0 N–H and O–H groups in total. The van der Waals surface area contributed by atoms with Crippen LogP contribution in [-0.4, -0.2) is 30.5 Å². The molecule has 0 saturated carbocycles. The summed E-state index contributed by atoms with van der Waals surface area (Å²) in [5.74, 6) is -0.255. The maximum Gasteiger partial charge on any atom is 0.387 e. The molecule has 1 amide bonds. The van der Waals surface area contributed by atoms with E-state index >= 15 is 0 Å². The van der Waals surface area contributed by atoms with E-state index in [4.69, 9.17) is 5.26 Å². The Balaban J connectivity index is 2.12. The highest BCUT2D eigenvalue weighted by molar-refractivity contribution is 6.01. The zero-order valence-electron chi connectivity index (χ0n) is 11.3. The summed E-state index contributed by atoms with van der Waals surface area (Å²) in [6, 6.07) is 7.67. The number of rotatable bonds is 4. The van der Waals surface area contributed by atoms with E-state index in [0.717, 1.165) is 12.8 Å². The van der Waals surface area contributed by atoms with Crippen LogP contribution in [-0.2, 0) is 4.79 Å². The van der Waals surface area contributed by atoms with Crippen molar-refractivity contribution in [3.8, 4) is 11.8 Å². The first-order valence-electron chi connectivity index (χ1n) is 6.56.